The highest BCUT2D eigenvalue weighted by Crippen LogP contribution is 2.21. The zero-order valence-corrected chi connectivity index (χ0v) is 25.2. The number of nitrogens with one attached hydrogen (secondary N) is 2. The summed E-state index contributed by atoms with van der Waals surface area (Å²) in [6.07, 6.45) is -0.565. The molecule has 0 aliphatic rings. The van der Waals surface area contributed by atoms with Gasteiger partial charge in [-0.2, -0.15) is 13.2 Å². The Morgan fingerprint density at radius 1 is 1.15 bits per heavy atom. The molecule has 3 N–H and O–H groups in total. The second-order valence-electron chi connectivity index (χ2n) is 9.11. The summed E-state index contributed by atoms with van der Waals surface area (Å²) in [4.78, 5) is 24.5. The number of methoxy groups -OCH3 is 1. The van der Waals surface area contributed by atoms with Gasteiger partial charge in [0.05, 0.1) is 19.3 Å². The Bertz CT molecular complexity index is 820. The lowest BCUT2D eigenvalue weighted by atomic mass is 10.1. The molecule has 0 radical (unpaired) electrons. The number of carbonyl (C=O) groups excluding carboxylic acids is 2. The molecule has 0 spiro atoms. The van der Waals surface area contributed by atoms with Crippen molar-refractivity contribution in [3.8, 4) is 0 Å². The van der Waals surface area contributed by atoms with Crippen LogP contribution in [0.3, 0.4) is 0 Å². The van der Waals surface area contributed by atoms with E-state index in [-0.39, 0.29) is 23.9 Å². The molecule has 12 heteroatoms. The highest BCUT2D eigenvalue weighted by Gasteiger charge is 2.38. The van der Waals surface area contributed by atoms with Crippen LogP contribution in [-0.4, -0.2) is 80.7 Å². The standard InChI is InChI=1S/C15H29NO3.C10H11F3N2O2S.C2H6/c1-13(2)9-11-19-15(3,4)12-16(5)10-7-8-14(17)18-6;11-10(12,13)9(17)15-7-1-3-8(4-2-7)18-14-5-6-16;1-2/h7-8,13H,9-12H2,1-6H3;1-4,14,16H,5-6H2,(H,15,17);1-2H3/b8-7+;;. The Hall–Kier alpha value is -2.12. The summed E-state index contributed by atoms with van der Waals surface area (Å²) >= 11 is 1.23. The van der Waals surface area contributed by atoms with Gasteiger partial charge in [-0.05, 0) is 69.4 Å². The van der Waals surface area contributed by atoms with Crippen LogP contribution in [0.2, 0.25) is 0 Å². The molecule has 0 aliphatic heterocycles. The van der Waals surface area contributed by atoms with E-state index in [1.807, 2.05) is 20.9 Å². The van der Waals surface area contributed by atoms with Gasteiger partial charge in [-0.15, -0.1) is 0 Å². The van der Waals surface area contributed by atoms with Gasteiger partial charge in [-0.3, -0.25) is 14.4 Å². The summed E-state index contributed by atoms with van der Waals surface area (Å²) in [5.41, 5.74) is -0.105. The van der Waals surface area contributed by atoms with Crippen molar-refractivity contribution in [2.24, 2.45) is 5.92 Å². The molecule has 1 rings (SSSR count). The van der Waals surface area contributed by atoms with Gasteiger partial charge in [0.2, 0.25) is 0 Å². The lowest BCUT2D eigenvalue weighted by Gasteiger charge is -2.30. The summed E-state index contributed by atoms with van der Waals surface area (Å²) in [7, 11) is 3.39. The van der Waals surface area contributed by atoms with Gasteiger partial charge in [0, 0.05) is 42.9 Å². The number of likely N-dealkylation sites (N-methyl/N-ethyl adjacent to an activating group) is 1. The number of rotatable bonds is 14. The quantitative estimate of drug-likeness (QED) is 0.118. The summed E-state index contributed by atoms with van der Waals surface area (Å²) in [5.74, 6) is -1.65. The van der Waals surface area contributed by atoms with E-state index in [1.165, 1.54) is 37.3 Å². The second kappa shape index (κ2) is 21.7. The molecule has 0 saturated heterocycles. The number of carbonyl (C=O) groups is 2. The summed E-state index contributed by atoms with van der Waals surface area (Å²) in [6.45, 7) is 15.3. The van der Waals surface area contributed by atoms with Crippen LogP contribution in [-0.2, 0) is 19.1 Å². The van der Waals surface area contributed by atoms with E-state index >= 15 is 0 Å². The average molecular weight is 582 g/mol. The number of ether oxygens (including phenoxy) is 2. The van der Waals surface area contributed by atoms with Crippen molar-refractivity contribution in [2.75, 3.05) is 52.3 Å². The number of anilines is 1. The van der Waals surface area contributed by atoms with E-state index in [4.69, 9.17) is 9.84 Å². The molecule has 1 aromatic rings. The van der Waals surface area contributed by atoms with E-state index in [0.29, 0.717) is 19.0 Å². The Labute approximate surface area is 235 Å². The minimum Gasteiger partial charge on any atom is -0.466 e. The Morgan fingerprint density at radius 3 is 2.23 bits per heavy atom. The van der Waals surface area contributed by atoms with Crippen LogP contribution in [0.1, 0.15) is 48.0 Å². The molecule has 1 aromatic carbocycles. The first-order valence-corrected chi connectivity index (χ1v) is 13.6. The van der Waals surface area contributed by atoms with E-state index in [0.717, 1.165) is 24.5 Å². The normalized spacial score (nSPS) is 11.5. The number of aliphatic hydroxyl groups excluding tert-OH is 1. The van der Waals surface area contributed by atoms with Crippen molar-refractivity contribution in [1.29, 1.82) is 0 Å². The molecule has 0 atom stereocenters. The number of hydrogen-bond donors (Lipinski definition) is 3. The van der Waals surface area contributed by atoms with Crippen LogP contribution >= 0.6 is 11.9 Å². The van der Waals surface area contributed by atoms with Crippen molar-refractivity contribution in [2.45, 2.75) is 64.6 Å². The second-order valence-corrected chi connectivity index (χ2v) is 10.1. The van der Waals surface area contributed by atoms with Crippen molar-refractivity contribution >= 4 is 29.5 Å². The summed E-state index contributed by atoms with van der Waals surface area (Å²) in [6, 6.07) is 5.85. The maximum Gasteiger partial charge on any atom is 0.471 e. The predicted octanol–water partition coefficient (Wildman–Crippen LogP) is 5.29. The number of benzene rings is 1. The number of nitrogens with zero attached hydrogens (tertiary/aromatic N) is 1. The van der Waals surface area contributed by atoms with Gasteiger partial charge < -0.3 is 19.9 Å². The van der Waals surface area contributed by atoms with Gasteiger partial charge >= 0.3 is 18.1 Å². The number of amides is 1. The highest BCUT2D eigenvalue weighted by atomic mass is 32.2. The van der Waals surface area contributed by atoms with Crippen molar-refractivity contribution in [3.63, 3.8) is 0 Å². The number of alkyl halides is 3. The topological polar surface area (TPSA) is 100 Å². The number of esters is 1. The first-order valence-electron chi connectivity index (χ1n) is 12.8. The molecule has 0 aliphatic carbocycles. The molecule has 0 aromatic heterocycles. The van der Waals surface area contributed by atoms with Gasteiger partial charge in [-0.25, -0.2) is 4.79 Å². The molecule has 0 bridgehead atoms. The molecule has 0 unspecified atom stereocenters. The van der Waals surface area contributed by atoms with Crippen molar-refractivity contribution in [1.82, 2.24) is 9.62 Å². The first kappa shape index (κ1) is 39.0. The Balaban J connectivity index is 0. The zero-order valence-electron chi connectivity index (χ0n) is 24.4. The van der Waals surface area contributed by atoms with Gasteiger partial charge in [0.25, 0.3) is 0 Å². The smallest absolute Gasteiger partial charge is 0.466 e. The lowest BCUT2D eigenvalue weighted by molar-refractivity contribution is -0.167. The van der Waals surface area contributed by atoms with E-state index in [9.17, 15) is 22.8 Å². The fraction of sp³-hybridized carbons (Fsp3) is 0.630. The van der Waals surface area contributed by atoms with Gasteiger partial charge in [0.1, 0.15) is 0 Å². The van der Waals surface area contributed by atoms with Crippen LogP contribution in [0.25, 0.3) is 0 Å². The summed E-state index contributed by atoms with van der Waals surface area (Å²) < 4.78 is 49.2. The monoisotopic (exact) mass is 581 g/mol. The minimum atomic E-state index is -4.89. The number of halogens is 3. The van der Waals surface area contributed by atoms with Crippen LogP contribution < -0.4 is 10.0 Å². The third-order valence-corrected chi connectivity index (χ3v) is 5.34. The third kappa shape index (κ3) is 22.4. The Kier molecular flexibility index (Phi) is 21.7. The van der Waals surface area contributed by atoms with Crippen LogP contribution in [0, 0.1) is 5.92 Å². The molecule has 1 amide bonds. The van der Waals surface area contributed by atoms with Crippen molar-refractivity contribution in [3.05, 3.63) is 36.4 Å². The van der Waals surface area contributed by atoms with Gasteiger partial charge in [-0.1, -0.05) is 33.8 Å². The van der Waals surface area contributed by atoms with E-state index in [2.05, 4.69) is 42.1 Å². The predicted molar refractivity (Wildman–Crippen MR) is 152 cm³/mol. The fourth-order valence-electron chi connectivity index (χ4n) is 2.72. The maximum absolute atomic E-state index is 12.0. The van der Waals surface area contributed by atoms with Gasteiger partial charge in [0.15, 0.2) is 0 Å². The highest BCUT2D eigenvalue weighted by molar-refractivity contribution is 7.97. The molecule has 0 heterocycles. The first-order chi connectivity index (χ1) is 18.2. The fourth-order valence-corrected chi connectivity index (χ4v) is 3.35. The molecule has 39 heavy (non-hydrogen) atoms. The van der Waals surface area contributed by atoms with Crippen molar-refractivity contribution < 1.29 is 37.3 Å². The third-order valence-electron chi connectivity index (χ3n) is 4.48. The van der Waals surface area contributed by atoms with Crippen LogP contribution in [0.4, 0.5) is 18.9 Å². The zero-order chi connectivity index (χ0) is 30.5. The number of hydrogen-bond acceptors (Lipinski definition) is 8. The molecular formula is C27H46F3N3O5S. The average Bonchev–Trinajstić information content (AvgIpc) is 2.85. The molecular weight excluding hydrogens is 535 g/mol. The van der Waals surface area contributed by atoms with Crippen LogP contribution in [0.15, 0.2) is 41.3 Å². The van der Waals surface area contributed by atoms with E-state index in [1.54, 1.807) is 23.5 Å². The maximum atomic E-state index is 12.0. The van der Waals surface area contributed by atoms with Crippen LogP contribution in [0.5, 0.6) is 0 Å². The largest absolute Gasteiger partial charge is 0.471 e. The minimum absolute atomic E-state index is 0.00722. The molecule has 0 saturated carbocycles. The van der Waals surface area contributed by atoms with E-state index < -0.39 is 12.1 Å². The summed E-state index contributed by atoms with van der Waals surface area (Å²) in [5, 5.41) is 10.3. The molecule has 0 fully saturated rings. The number of aliphatic hydroxyl groups is 1. The Morgan fingerprint density at radius 2 is 1.74 bits per heavy atom. The molecule has 226 valence electrons. The lowest BCUT2D eigenvalue weighted by Crippen LogP contribution is -2.39. The SMILES string of the molecule is CC.COC(=O)/C=C/CN(C)CC(C)(C)OCCC(C)C.O=C(Nc1ccc(SNCCO)cc1)C(F)(F)F. The molecule has 8 nitrogen and oxygen atoms in total.